The number of anilines is 1. The molecule has 0 aromatic heterocycles. The molecule has 1 spiro atoms. The van der Waals surface area contributed by atoms with Crippen LogP contribution in [0.15, 0.2) is 104 Å². The van der Waals surface area contributed by atoms with Crippen molar-refractivity contribution < 1.29 is 33.8 Å². The van der Waals surface area contributed by atoms with Crippen molar-refractivity contribution >= 4 is 41.0 Å². The Labute approximate surface area is 328 Å². The minimum absolute atomic E-state index is 0.0930. The number of fused-ring (bicyclic) bond motifs is 1. The number of carbonyl (C=O) groups is 4. The van der Waals surface area contributed by atoms with Gasteiger partial charge in [-0.2, -0.15) is 0 Å². The molecule has 3 heterocycles. The molecule has 0 radical (unpaired) electrons. The summed E-state index contributed by atoms with van der Waals surface area (Å²) in [5.41, 5.74) is 1.42. The summed E-state index contributed by atoms with van der Waals surface area (Å²) in [5.74, 6) is -3.75. The third-order valence-electron chi connectivity index (χ3n) is 11.6. The second kappa shape index (κ2) is 16.9. The molecule has 290 valence electrons. The number of carbonyl (C=O) groups excluding carboxylic acids is 4. The SMILES string of the molecule is C=CCCC(=O)N(C)[C@H](C)[C@H](OC(=O)[C@@H]1[C@@H]2CC[C@]3(O2)[C@H](C(=O)N(CC=C)c2c(C)cccc2Cl)N([C@@H](CO)Cc2ccccc2)C(=O)[C@@H]13)c1ccccc1. The highest BCUT2D eigenvalue weighted by molar-refractivity contribution is 6.34. The Bertz CT molecular complexity index is 1890. The van der Waals surface area contributed by atoms with Crippen molar-refractivity contribution in [3.63, 3.8) is 0 Å². The van der Waals surface area contributed by atoms with Crippen LogP contribution in [-0.4, -0.2) is 88.6 Å². The van der Waals surface area contributed by atoms with Gasteiger partial charge >= 0.3 is 5.97 Å². The second-order valence-electron chi connectivity index (χ2n) is 14.8. The van der Waals surface area contributed by atoms with Crippen molar-refractivity contribution in [3.8, 4) is 0 Å². The van der Waals surface area contributed by atoms with Gasteiger partial charge in [-0.25, -0.2) is 0 Å². The highest BCUT2D eigenvalue weighted by atomic mass is 35.5. The van der Waals surface area contributed by atoms with Crippen LogP contribution in [0.25, 0.3) is 0 Å². The molecule has 3 aliphatic rings. The maximum Gasteiger partial charge on any atom is 0.313 e. The van der Waals surface area contributed by atoms with Gasteiger partial charge in [-0.3, -0.25) is 19.2 Å². The molecule has 2 bridgehead atoms. The molecule has 11 heteroatoms. The van der Waals surface area contributed by atoms with Gasteiger partial charge in [-0.05, 0) is 62.3 Å². The highest BCUT2D eigenvalue weighted by Gasteiger charge is 2.76. The van der Waals surface area contributed by atoms with Gasteiger partial charge in [0.05, 0.1) is 47.3 Å². The number of hydrogen-bond acceptors (Lipinski definition) is 7. The number of amides is 3. The van der Waals surface area contributed by atoms with Crippen LogP contribution in [0.2, 0.25) is 5.02 Å². The summed E-state index contributed by atoms with van der Waals surface area (Å²) in [5, 5.41) is 11.3. The van der Waals surface area contributed by atoms with Gasteiger partial charge < -0.3 is 29.3 Å². The minimum atomic E-state index is -1.38. The molecule has 8 atom stereocenters. The minimum Gasteiger partial charge on any atom is -0.455 e. The zero-order chi connectivity index (χ0) is 39.4. The third-order valence-corrected chi connectivity index (χ3v) is 11.9. The maximum absolute atomic E-state index is 15.2. The van der Waals surface area contributed by atoms with Crippen LogP contribution in [0.1, 0.15) is 55.4 Å². The predicted octanol–water partition coefficient (Wildman–Crippen LogP) is 6.24. The normalized spacial score (nSPS) is 24.1. The number of allylic oxidation sites excluding steroid dienone is 1. The summed E-state index contributed by atoms with van der Waals surface area (Å²) in [7, 11) is 1.68. The summed E-state index contributed by atoms with van der Waals surface area (Å²) in [6.07, 6.45) is 3.53. The monoisotopic (exact) mass is 767 g/mol. The maximum atomic E-state index is 15.2. The molecule has 3 aliphatic heterocycles. The van der Waals surface area contributed by atoms with Gasteiger partial charge in [0.25, 0.3) is 5.91 Å². The van der Waals surface area contributed by atoms with Crippen LogP contribution >= 0.6 is 11.6 Å². The summed E-state index contributed by atoms with van der Waals surface area (Å²) < 4.78 is 13.2. The summed E-state index contributed by atoms with van der Waals surface area (Å²) in [6, 6.07) is 21.5. The van der Waals surface area contributed by atoms with E-state index < -0.39 is 72.2 Å². The molecule has 3 fully saturated rings. The standard InChI is InChI=1S/C44H50ClN3O7/c1-6-8-22-35(50)46(5)29(4)39(31-19-13-10-14-20-31)54-43(53)36-34-23-24-44(55-34)37(36)41(51)48(32(27-49)26-30-17-11-9-12-18-30)40(44)42(52)47(25-7-2)38-28(3)16-15-21-33(38)45/h6-7,9-21,29,32,34,36-37,39-40,49H,1-2,8,22-27H2,3-5H3/t29-,32-,34+,36-,37-,39+,40+,44-/m1/s1. The van der Waals surface area contributed by atoms with E-state index in [1.165, 1.54) is 9.80 Å². The highest BCUT2D eigenvalue weighted by Crippen LogP contribution is 2.59. The molecule has 10 nitrogen and oxygen atoms in total. The molecule has 0 unspecified atom stereocenters. The van der Waals surface area contributed by atoms with Gasteiger partial charge in [0, 0.05) is 20.0 Å². The number of aliphatic hydroxyl groups excluding tert-OH is 1. The lowest BCUT2D eigenvalue weighted by atomic mass is 9.70. The van der Waals surface area contributed by atoms with Crippen LogP contribution < -0.4 is 4.90 Å². The molecule has 3 saturated heterocycles. The Hall–Kier alpha value is -4.77. The van der Waals surface area contributed by atoms with Gasteiger partial charge in [-0.1, -0.05) is 96.5 Å². The number of halogens is 1. The molecule has 3 aromatic rings. The number of aliphatic hydroxyl groups is 1. The number of nitrogens with zero attached hydrogens (tertiary/aromatic N) is 3. The van der Waals surface area contributed by atoms with E-state index in [1.54, 1.807) is 36.2 Å². The van der Waals surface area contributed by atoms with Gasteiger partial charge in [0.2, 0.25) is 11.8 Å². The molecule has 3 aromatic carbocycles. The number of hydrogen-bond donors (Lipinski definition) is 1. The number of benzene rings is 3. The summed E-state index contributed by atoms with van der Waals surface area (Å²) >= 11 is 6.75. The average Bonchev–Trinajstić information content (AvgIpc) is 3.84. The average molecular weight is 768 g/mol. The molecular weight excluding hydrogens is 718 g/mol. The third kappa shape index (κ3) is 7.47. The first-order valence-corrected chi connectivity index (χ1v) is 19.3. The van der Waals surface area contributed by atoms with Crippen molar-refractivity contribution in [1.29, 1.82) is 0 Å². The van der Waals surface area contributed by atoms with E-state index in [1.807, 2.05) is 80.6 Å². The van der Waals surface area contributed by atoms with E-state index in [-0.39, 0.29) is 25.3 Å². The number of aryl methyl sites for hydroxylation is 1. The fourth-order valence-electron chi connectivity index (χ4n) is 8.83. The number of esters is 1. The number of rotatable bonds is 16. The Morgan fingerprint density at radius 1 is 1.05 bits per heavy atom. The zero-order valence-corrected chi connectivity index (χ0v) is 32.4. The first kappa shape index (κ1) is 39.9. The quantitative estimate of drug-likeness (QED) is 0.136. The van der Waals surface area contributed by atoms with Gasteiger partial charge in [-0.15, -0.1) is 13.2 Å². The van der Waals surface area contributed by atoms with E-state index in [0.717, 1.165) is 11.1 Å². The first-order valence-electron chi connectivity index (χ1n) is 18.9. The van der Waals surface area contributed by atoms with E-state index in [4.69, 9.17) is 21.1 Å². The largest absolute Gasteiger partial charge is 0.455 e. The number of para-hydroxylation sites is 1. The van der Waals surface area contributed by atoms with Crippen molar-refractivity contribution in [2.45, 2.75) is 81.9 Å². The van der Waals surface area contributed by atoms with Crippen molar-refractivity contribution in [1.82, 2.24) is 9.80 Å². The summed E-state index contributed by atoms with van der Waals surface area (Å²) in [6.45, 7) is 11.0. The second-order valence-corrected chi connectivity index (χ2v) is 15.2. The van der Waals surface area contributed by atoms with Crippen molar-refractivity contribution in [2.24, 2.45) is 11.8 Å². The van der Waals surface area contributed by atoms with Crippen LogP contribution in [0.4, 0.5) is 5.69 Å². The van der Waals surface area contributed by atoms with Crippen LogP contribution in [0.5, 0.6) is 0 Å². The van der Waals surface area contributed by atoms with E-state index in [2.05, 4.69) is 13.2 Å². The number of ether oxygens (including phenoxy) is 2. The summed E-state index contributed by atoms with van der Waals surface area (Å²) in [4.78, 5) is 62.7. The topological polar surface area (TPSA) is 117 Å². The zero-order valence-electron chi connectivity index (χ0n) is 31.7. The molecule has 55 heavy (non-hydrogen) atoms. The lowest BCUT2D eigenvalue weighted by Crippen LogP contribution is -2.59. The Balaban J connectivity index is 1.40. The molecule has 6 rings (SSSR count). The number of likely N-dealkylation sites (tertiary alicyclic amines) is 1. The van der Waals surface area contributed by atoms with Gasteiger partial charge in [0.15, 0.2) is 0 Å². The Kier molecular flexibility index (Phi) is 12.3. The van der Waals surface area contributed by atoms with Crippen LogP contribution in [-0.2, 0) is 35.1 Å². The lowest BCUT2D eigenvalue weighted by molar-refractivity contribution is -0.165. The van der Waals surface area contributed by atoms with Gasteiger partial charge in [0.1, 0.15) is 17.7 Å². The smallest absolute Gasteiger partial charge is 0.313 e. The number of likely N-dealkylation sites (N-methyl/N-ethyl adjacent to an activating group) is 1. The van der Waals surface area contributed by atoms with Crippen molar-refractivity contribution in [3.05, 3.63) is 126 Å². The molecule has 1 N–H and O–H groups in total. The molecular formula is C44H50ClN3O7. The lowest BCUT2D eigenvalue weighted by Gasteiger charge is -2.39. The molecule has 3 amide bonds. The Morgan fingerprint density at radius 3 is 2.38 bits per heavy atom. The molecule has 0 saturated carbocycles. The van der Waals surface area contributed by atoms with E-state index >= 15 is 9.59 Å². The van der Waals surface area contributed by atoms with Crippen LogP contribution in [0.3, 0.4) is 0 Å². The van der Waals surface area contributed by atoms with Crippen molar-refractivity contribution in [2.75, 3.05) is 25.1 Å². The fraction of sp³-hybridized carbons (Fsp3) is 0.409. The van der Waals surface area contributed by atoms with E-state index in [0.29, 0.717) is 35.5 Å². The predicted molar refractivity (Wildman–Crippen MR) is 211 cm³/mol. The first-order chi connectivity index (χ1) is 26.5. The molecule has 0 aliphatic carbocycles. The fourth-order valence-corrected chi connectivity index (χ4v) is 9.15. The van der Waals surface area contributed by atoms with Crippen LogP contribution in [0, 0.1) is 18.8 Å². The Morgan fingerprint density at radius 2 is 1.75 bits per heavy atom. The van der Waals surface area contributed by atoms with E-state index in [9.17, 15) is 14.7 Å².